The van der Waals surface area contributed by atoms with Gasteiger partial charge in [-0.1, -0.05) is 15.9 Å². The van der Waals surface area contributed by atoms with Crippen LogP contribution in [0.4, 0.5) is 0 Å². The quantitative estimate of drug-likeness (QED) is 0.541. The first-order valence-electron chi connectivity index (χ1n) is 6.51. The van der Waals surface area contributed by atoms with Gasteiger partial charge in [-0.3, -0.25) is 4.79 Å². The van der Waals surface area contributed by atoms with Gasteiger partial charge in [-0.25, -0.2) is 0 Å². The third kappa shape index (κ3) is 2.51. The molecule has 19 heavy (non-hydrogen) atoms. The molecule has 3 nitrogen and oxygen atoms in total. The summed E-state index contributed by atoms with van der Waals surface area (Å²) in [6.45, 7) is 0. The van der Waals surface area contributed by atoms with Gasteiger partial charge in [0.25, 0.3) is 5.91 Å². The molecular weight excluding hydrogens is 421 g/mol. The number of carbonyl (C=O) groups is 1. The molecule has 0 saturated carbocycles. The molecule has 2 aliphatic rings. The number of benzene rings is 1. The van der Waals surface area contributed by atoms with Crippen LogP contribution < -0.4 is 0 Å². The van der Waals surface area contributed by atoms with E-state index in [1.807, 2.05) is 11.0 Å². The van der Waals surface area contributed by atoms with E-state index in [4.69, 9.17) is 0 Å². The van der Waals surface area contributed by atoms with E-state index in [0.717, 1.165) is 29.3 Å². The molecule has 0 aromatic heterocycles. The molecule has 2 bridgehead atoms. The minimum absolute atomic E-state index is 0.0112. The lowest BCUT2D eigenvalue weighted by atomic mass is 10.0. The zero-order chi connectivity index (χ0) is 13.6. The van der Waals surface area contributed by atoms with Gasteiger partial charge in [0.05, 0.1) is 5.56 Å². The Morgan fingerprint density at radius 2 is 1.95 bits per heavy atom. The molecule has 0 radical (unpaired) electrons. The van der Waals surface area contributed by atoms with Gasteiger partial charge in [0.1, 0.15) is 5.75 Å². The van der Waals surface area contributed by atoms with Crippen LogP contribution in [0.25, 0.3) is 0 Å². The summed E-state index contributed by atoms with van der Waals surface area (Å²) >= 11 is 5.85. The topological polar surface area (TPSA) is 40.5 Å². The molecule has 2 saturated heterocycles. The van der Waals surface area contributed by atoms with Crippen molar-refractivity contribution in [3.63, 3.8) is 0 Å². The lowest BCUT2D eigenvalue weighted by Crippen LogP contribution is -2.46. The van der Waals surface area contributed by atoms with E-state index in [1.165, 1.54) is 0 Å². The zero-order valence-corrected chi connectivity index (χ0v) is 14.1. The predicted octanol–water partition coefficient (Wildman–Crippen LogP) is 3.53. The van der Waals surface area contributed by atoms with Crippen LogP contribution in [0.5, 0.6) is 5.75 Å². The maximum Gasteiger partial charge on any atom is 0.258 e. The van der Waals surface area contributed by atoms with Gasteiger partial charge in [-0.15, -0.1) is 0 Å². The van der Waals surface area contributed by atoms with E-state index >= 15 is 0 Å². The fraction of sp³-hybridized carbons (Fsp3) is 0.500. The second kappa shape index (κ2) is 5.24. The highest BCUT2D eigenvalue weighted by atomic mass is 127. The van der Waals surface area contributed by atoms with Crippen molar-refractivity contribution in [2.75, 3.05) is 0 Å². The summed E-state index contributed by atoms with van der Waals surface area (Å²) in [6, 6.07) is 5.85. The maximum atomic E-state index is 12.7. The number of piperidine rings is 1. The monoisotopic (exact) mass is 435 g/mol. The smallest absolute Gasteiger partial charge is 0.258 e. The first kappa shape index (κ1) is 13.7. The SMILES string of the molecule is O=C(c1cc(I)ccc1O)N1C2CCC1CC(Br)C2. The van der Waals surface area contributed by atoms with Gasteiger partial charge >= 0.3 is 0 Å². The summed E-state index contributed by atoms with van der Waals surface area (Å²) in [5.41, 5.74) is 0.442. The number of nitrogens with zero attached hydrogens (tertiary/aromatic N) is 1. The van der Waals surface area contributed by atoms with E-state index in [2.05, 4.69) is 38.5 Å². The average molecular weight is 436 g/mol. The summed E-state index contributed by atoms with van der Waals surface area (Å²) < 4.78 is 0.974. The third-order valence-corrected chi connectivity index (χ3v) is 5.52. The number of hydrogen-bond acceptors (Lipinski definition) is 2. The number of halogens is 2. The second-order valence-electron chi connectivity index (χ2n) is 5.33. The summed E-state index contributed by atoms with van der Waals surface area (Å²) in [6.07, 6.45) is 4.21. The van der Waals surface area contributed by atoms with E-state index in [1.54, 1.807) is 12.1 Å². The minimum Gasteiger partial charge on any atom is -0.507 e. The van der Waals surface area contributed by atoms with Crippen LogP contribution in [-0.2, 0) is 0 Å². The minimum atomic E-state index is -0.0112. The van der Waals surface area contributed by atoms with Crippen molar-refractivity contribution in [2.45, 2.75) is 42.6 Å². The molecule has 2 atom stereocenters. The highest BCUT2D eigenvalue weighted by Crippen LogP contribution is 2.40. The Balaban J connectivity index is 1.90. The van der Waals surface area contributed by atoms with E-state index in [9.17, 15) is 9.90 Å². The molecule has 102 valence electrons. The molecule has 2 heterocycles. The molecule has 2 unspecified atom stereocenters. The van der Waals surface area contributed by atoms with Crippen molar-refractivity contribution in [1.29, 1.82) is 0 Å². The Hall–Kier alpha value is -0.300. The highest BCUT2D eigenvalue weighted by Gasteiger charge is 2.43. The van der Waals surface area contributed by atoms with E-state index < -0.39 is 0 Å². The van der Waals surface area contributed by atoms with Crippen molar-refractivity contribution in [2.24, 2.45) is 0 Å². The van der Waals surface area contributed by atoms with Crippen LogP contribution in [0.15, 0.2) is 18.2 Å². The molecule has 2 fully saturated rings. The number of carbonyl (C=O) groups excluding carboxylic acids is 1. The fourth-order valence-electron chi connectivity index (χ4n) is 3.26. The number of phenols is 1. The van der Waals surface area contributed by atoms with Gasteiger partial charge in [0.15, 0.2) is 0 Å². The summed E-state index contributed by atoms with van der Waals surface area (Å²) in [4.78, 5) is 15.2. The number of aromatic hydroxyl groups is 1. The number of amides is 1. The lowest BCUT2D eigenvalue weighted by Gasteiger charge is -2.37. The lowest BCUT2D eigenvalue weighted by molar-refractivity contribution is 0.0600. The summed E-state index contributed by atoms with van der Waals surface area (Å²) in [5, 5.41) is 9.92. The molecule has 1 N–H and O–H groups in total. The Labute approximate surface area is 134 Å². The predicted molar refractivity (Wildman–Crippen MR) is 85.8 cm³/mol. The van der Waals surface area contributed by atoms with Crippen LogP contribution in [0.1, 0.15) is 36.0 Å². The number of phenolic OH excluding ortho intramolecular Hbond substituents is 1. The van der Waals surface area contributed by atoms with Crippen molar-refractivity contribution >= 4 is 44.4 Å². The molecule has 5 heteroatoms. The average Bonchev–Trinajstić information content (AvgIpc) is 2.64. The molecular formula is C14H15BrINO2. The van der Waals surface area contributed by atoms with Crippen LogP contribution in [-0.4, -0.2) is 32.8 Å². The van der Waals surface area contributed by atoms with Gasteiger partial charge in [0, 0.05) is 20.5 Å². The zero-order valence-electron chi connectivity index (χ0n) is 10.4. The molecule has 1 aromatic rings. The van der Waals surface area contributed by atoms with Gasteiger partial charge < -0.3 is 10.0 Å². The van der Waals surface area contributed by atoms with Crippen LogP contribution in [0.2, 0.25) is 0 Å². The van der Waals surface area contributed by atoms with Crippen molar-refractivity contribution in [1.82, 2.24) is 4.90 Å². The number of alkyl halides is 1. The molecule has 0 spiro atoms. The van der Waals surface area contributed by atoms with Crippen molar-refractivity contribution in [3.8, 4) is 5.75 Å². The van der Waals surface area contributed by atoms with Crippen LogP contribution >= 0.6 is 38.5 Å². The first-order valence-corrected chi connectivity index (χ1v) is 8.51. The number of hydrogen-bond donors (Lipinski definition) is 1. The van der Waals surface area contributed by atoms with Crippen LogP contribution in [0, 0.1) is 3.57 Å². The van der Waals surface area contributed by atoms with Crippen molar-refractivity contribution < 1.29 is 9.90 Å². The molecule has 1 aromatic carbocycles. The maximum absolute atomic E-state index is 12.7. The van der Waals surface area contributed by atoms with Gasteiger partial charge in [-0.05, 0) is 66.5 Å². The molecule has 0 aliphatic carbocycles. The Morgan fingerprint density at radius 1 is 1.32 bits per heavy atom. The van der Waals surface area contributed by atoms with Crippen LogP contribution in [0.3, 0.4) is 0 Å². The first-order chi connectivity index (χ1) is 9.06. The Kier molecular flexibility index (Phi) is 3.77. The highest BCUT2D eigenvalue weighted by molar-refractivity contribution is 14.1. The van der Waals surface area contributed by atoms with Gasteiger partial charge in [0.2, 0.25) is 0 Å². The molecule has 2 aliphatic heterocycles. The number of fused-ring (bicyclic) bond motifs is 2. The third-order valence-electron chi connectivity index (χ3n) is 4.10. The normalized spacial score (nSPS) is 29.6. The van der Waals surface area contributed by atoms with E-state index in [-0.39, 0.29) is 11.7 Å². The summed E-state index contributed by atoms with van der Waals surface area (Å²) in [5.74, 6) is 0.0775. The second-order valence-corrected chi connectivity index (χ2v) is 7.87. The largest absolute Gasteiger partial charge is 0.507 e. The van der Waals surface area contributed by atoms with Crippen molar-refractivity contribution in [3.05, 3.63) is 27.3 Å². The fourth-order valence-corrected chi connectivity index (χ4v) is 4.62. The van der Waals surface area contributed by atoms with E-state index in [0.29, 0.717) is 22.5 Å². The Bertz CT molecular complexity index is 508. The summed E-state index contributed by atoms with van der Waals surface area (Å²) in [7, 11) is 0. The molecule has 3 rings (SSSR count). The molecule has 1 amide bonds. The van der Waals surface area contributed by atoms with Gasteiger partial charge in [-0.2, -0.15) is 0 Å². The Morgan fingerprint density at radius 3 is 2.58 bits per heavy atom. The standard InChI is InChI=1S/C14H15BrINO2/c15-8-5-10-2-3-11(6-8)17(10)14(19)12-7-9(16)1-4-13(12)18/h1,4,7-8,10-11,18H,2-3,5-6H2. The number of rotatable bonds is 1.